The van der Waals surface area contributed by atoms with Gasteiger partial charge in [-0.25, -0.2) is 0 Å². The number of nitrogens with one attached hydrogen (secondary N) is 1. The minimum Gasteiger partial charge on any atom is -0.355 e. The molecule has 3 fully saturated rings. The van der Waals surface area contributed by atoms with Gasteiger partial charge < -0.3 is 15.1 Å². The van der Waals surface area contributed by atoms with E-state index in [4.69, 9.17) is 0 Å². The monoisotopic (exact) mass is 329 g/mol. The third-order valence-electron chi connectivity index (χ3n) is 5.22. The minimum atomic E-state index is -0.195. The fourth-order valence-corrected chi connectivity index (χ4v) is 3.42. The Hall–Kier alpha value is -2.18. The molecule has 7 heteroatoms. The molecule has 4 rings (SSSR count). The molecule has 1 aliphatic carbocycles. The Morgan fingerprint density at radius 3 is 2.62 bits per heavy atom. The van der Waals surface area contributed by atoms with Crippen molar-refractivity contribution >= 4 is 17.6 Å². The Morgan fingerprint density at radius 1 is 1.25 bits per heavy atom. The lowest BCUT2D eigenvalue weighted by Gasteiger charge is -2.40. The predicted molar refractivity (Wildman–Crippen MR) is 88.5 cm³/mol. The Kier molecular flexibility index (Phi) is 3.86. The smallest absolute Gasteiger partial charge is 0.225 e. The van der Waals surface area contributed by atoms with Gasteiger partial charge in [-0.15, -0.1) is 5.10 Å². The van der Waals surface area contributed by atoms with Crippen molar-refractivity contribution < 1.29 is 9.59 Å². The van der Waals surface area contributed by atoms with Gasteiger partial charge in [0.05, 0.1) is 11.6 Å². The number of aromatic nitrogens is 2. The first-order chi connectivity index (χ1) is 11.6. The lowest BCUT2D eigenvalue weighted by Crippen LogP contribution is -2.52. The molecule has 0 radical (unpaired) electrons. The van der Waals surface area contributed by atoms with Crippen LogP contribution in [-0.4, -0.2) is 60.1 Å². The Morgan fingerprint density at radius 2 is 2.04 bits per heavy atom. The third kappa shape index (κ3) is 3.07. The third-order valence-corrected chi connectivity index (χ3v) is 5.22. The summed E-state index contributed by atoms with van der Waals surface area (Å²) in [5.74, 6) is 1.85. The van der Waals surface area contributed by atoms with Crippen LogP contribution in [0.2, 0.25) is 0 Å². The number of hydrogen-bond acceptors (Lipinski definition) is 5. The van der Waals surface area contributed by atoms with Crippen LogP contribution in [0.3, 0.4) is 0 Å². The van der Waals surface area contributed by atoms with E-state index in [1.165, 1.54) is 12.8 Å². The van der Waals surface area contributed by atoms with Crippen LogP contribution in [0, 0.1) is 11.8 Å². The van der Waals surface area contributed by atoms with Crippen LogP contribution in [0.5, 0.6) is 0 Å². The molecule has 2 amide bonds. The Balaban J connectivity index is 1.20. The molecule has 3 aliphatic rings. The molecular formula is C17H23N5O2. The van der Waals surface area contributed by atoms with Crippen molar-refractivity contribution in [1.29, 1.82) is 0 Å². The molecule has 1 N–H and O–H groups in total. The zero-order chi connectivity index (χ0) is 16.7. The van der Waals surface area contributed by atoms with E-state index in [1.54, 1.807) is 11.9 Å². The first kappa shape index (κ1) is 15.4. The second-order valence-electron chi connectivity index (χ2n) is 7.28. The molecule has 1 aromatic rings. The number of likely N-dealkylation sites (tertiary alicyclic amines) is 1. The van der Waals surface area contributed by atoms with Gasteiger partial charge in [0.15, 0.2) is 5.82 Å². The van der Waals surface area contributed by atoms with Crippen LogP contribution < -0.4 is 10.2 Å². The lowest BCUT2D eigenvalue weighted by atomic mass is 9.99. The first-order valence-corrected chi connectivity index (χ1v) is 8.70. The minimum absolute atomic E-state index is 0.000252. The number of nitrogens with zero attached hydrogens (tertiary/aromatic N) is 4. The van der Waals surface area contributed by atoms with Crippen LogP contribution in [0.1, 0.15) is 30.9 Å². The van der Waals surface area contributed by atoms with Gasteiger partial charge >= 0.3 is 0 Å². The fourth-order valence-electron chi connectivity index (χ4n) is 3.42. The summed E-state index contributed by atoms with van der Waals surface area (Å²) in [6.45, 7) is 2.98. The quantitative estimate of drug-likeness (QED) is 0.845. The standard InChI is InChI=1S/C17H23N5O2/c1-21-10-13(6-16(21)23)17(24)18-7-11-8-22(9-11)15-5-4-14(19-20-15)12-2-3-12/h4-5,11-13H,2-3,6-10H2,1H3,(H,18,24). The zero-order valence-electron chi connectivity index (χ0n) is 13.9. The molecule has 1 atom stereocenters. The number of rotatable bonds is 5. The van der Waals surface area contributed by atoms with Gasteiger partial charge in [0, 0.05) is 51.5 Å². The van der Waals surface area contributed by atoms with Crippen molar-refractivity contribution in [2.75, 3.05) is 38.1 Å². The van der Waals surface area contributed by atoms with E-state index in [0.29, 0.717) is 31.3 Å². The molecule has 1 aromatic heterocycles. The summed E-state index contributed by atoms with van der Waals surface area (Å²) >= 11 is 0. The molecule has 128 valence electrons. The van der Waals surface area contributed by atoms with Gasteiger partial charge in [-0.1, -0.05) is 0 Å². The first-order valence-electron chi connectivity index (χ1n) is 8.70. The highest BCUT2D eigenvalue weighted by molar-refractivity contribution is 5.89. The number of carbonyl (C=O) groups excluding carboxylic acids is 2. The van der Waals surface area contributed by atoms with Crippen LogP contribution in [0.15, 0.2) is 12.1 Å². The number of carbonyl (C=O) groups is 2. The van der Waals surface area contributed by atoms with Crippen molar-refractivity contribution in [1.82, 2.24) is 20.4 Å². The van der Waals surface area contributed by atoms with Crippen molar-refractivity contribution in [2.45, 2.75) is 25.2 Å². The molecule has 3 heterocycles. The molecule has 0 bridgehead atoms. The van der Waals surface area contributed by atoms with E-state index in [1.807, 2.05) is 0 Å². The number of amides is 2. The molecule has 24 heavy (non-hydrogen) atoms. The predicted octanol–water partition coefficient (Wildman–Crippen LogP) is 0.385. The second kappa shape index (κ2) is 6.03. The summed E-state index contributed by atoms with van der Waals surface area (Å²) in [4.78, 5) is 27.4. The highest BCUT2D eigenvalue weighted by Gasteiger charge is 2.34. The maximum Gasteiger partial charge on any atom is 0.225 e. The summed E-state index contributed by atoms with van der Waals surface area (Å²) < 4.78 is 0. The topological polar surface area (TPSA) is 78.4 Å². The highest BCUT2D eigenvalue weighted by Crippen LogP contribution is 2.38. The SMILES string of the molecule is CN1CC(C(=O)NCC2CN(c3ccc(C4CC4)nn3)C2)CC1=O. The number of anilines is 1. The Labute approximate surface area is 141 Å². The van der Waals surface area contributed by atoms with E-state index in [0.717, 1.165) is 24.6 Å². The summed E-state index contributed by atoms with van der Waals surface area (Å²) in [6, 6.07) is 4.14. The van der Waals surface area contributed by atoms with E-state index < -0.39 is 0 Å². The summed E-state index contributed by atoms with van der Waals surface area (Å²) in [6.07, 6.45) is 2.81. The van der Waals surface area contributed by atoms with Crippen LogP contribution in [-0.2, 0) is 9.59 Å². The molecule has 0 spiro atoms. The van der Waals surface area contributed by atoms with Gasteiger partial charge in [-0.3, -0.25) is 9.59 Å². The van der Waals surface area contributed by atoms with Crippen molar-refractivity contribution in [2.24, 2.45) is 11.8 Å². The molecule has 0 aromatic carbocycles. The van der Waals surface area contributed by atoms with Gasteiger partial charge in [0.1, 0.15) is 0 Å². The number of hydrogen-bond donors (Lipinski definition) is 1. The summed E-state index contributed by atoms with van der Waals surface area (Å²) in [5.41, 5.74) is 1.11. The van der Waals surface area contributed by atoms with Crippen molar-refractivity contribution in [3.63, 3.8) is 0 Å². The summed E-state index contributed by atoms with van der Waals surface area (Å²) in [5, 5.41) is 11.6. The fraction of sp³-hybridized carbons (Fsp3) is 0.647. The van der Waals surface area contributed by atoms with Crippen molar-refractivity contribution in [3.8, 4) is 0 Å². The highest BCUT2D eigenvalue weighted by atomic mass is 16.2. The molecule has 1 saturated carbocycles. The largest absolute Gasteiger partial charge is 0.355 e. The van der Waals surface area contributed by atoms with E-state index in [9.17, 15) is 9.59 Å². The van der Waals surface area contributed by atoms with Gasteiger partial charge in [-0.2, -0.15) is 5.10 Å². The van der Waals surface area contributed by atoms with E-state index in [-0.39, 0.29) is 17.7 Å². The maximum absolute atomic E-state index is 12.1. The van der Waals surface area contributed by atoms with Crippen molar-refractivity contribution in [3.05, 3.63) is 17.8 Å². The Bertz CT molecular complexity index is 637. The van der Waals surface area contributed by atoms with Gasteiger partial charge in [0.25, 0.3) is 0 Å². The summed E-state index contributed by atoms with van der Waals surface area (Å²) in [7, 11) is 1.74. The maximum atomic E-state index is 12.1. The van der Waals surface area contributed by atoms with Crippen LogP contribution in [0.4, 0.5) is 5.82 Å². The molecule has 7 nitrogen and oxygen atoms in total. The average molecular weight is 329 g/mol. The second-order valence-corrected chi connectivity index (χ2v) is 7.28. The van der Waals surface area contributed by atoms with Crippen LogP contribution in [0.25, 0.3) is 0 Å². The van der Waals surface area contributed by atoms with E-state index in [2.05, 4.69) is 32.5 Å². The zero-order valence-corrected chi connectivity index (χ0v) is 13.9. The molecule has 2 saturated heterocycles. The average Bonchev–Trinajstić information content (AvgIpc) is 3.32. The van der Waals surface area contributed by atoms with Gasteiger partial charge in [-0.05, 0) is 25.0 Å². The van der Waals surface area contributed by atoms with Gasteiger partial charge in [0.2, 0.25) is 11.8 Å². The molecule has 2 aliphatic heterocycles. The molecular weight excluding hydrogens is 306 g/mol. The lowest BCUT2D eigenvalue weighted by molar-refractivity contribution is -0.128. The van der Waals surface area contributed by atoms with Crippen LogP contribution >= 0.6 is 0 Å². The van der Waals surface area contributed by atoms with E-state index >= 15 is 0 Å². The normalized spacial score (nSPS) is 24.2. The molecule has 1 unspecified atom stereocenters.